The van der Waals surface area contributed by atoms with Gasteiger partial charge in [-0.1, -0.05) is 112 Å². The lowest BCUT2D eigenvalue weighted by atomic mass is 9.90. The molecule has 0 N–H and O–H groups in total. The van der Waals surface area contributed by atoms with Crippen molar-refractivity contribution in [3.63, 3.8) is 0 Å². The van der Waals surface area contributed by atoms with Gasteiger partial charge in [0.25, 0.3) is 0 Å². The van der Waals surface area contributed by atoms with Gasteiger partial charge in [-0.25, -0.2) is 0 Å². The van der Waals surface area contributed by atoms with E-state index >= 15 is 0 Å². The van der Waals surface area contributed by atoms with Crippen LogP contribution in [0.1, 0.15) is 78.1 Å². The Morgan fingerprint density at radius 2 is 1.22 bits per heavy atom. The summed E-state index contributed by atoms with van der Waals surface area (Å²) >= 11 is 0. The Kier molecular flexibility index (Phi) is 7.50. The topological polar surface area (TPSA) is 40.6 Å². The molecule has 5 rings (SSSR count). The van der Waals surface area contributed by atoms with E-state index in [9.17, 15) is 9.59 Å². The van der Waals surface area contributed by atoms with Crippen LogP contribution in [0.25, 0.3) is 10.8 Å². The predicted molar refractivity (Wildman–Crippen MR) is 146 cm³/mol. The summed E-state index contributed by atoms with van der Waals surface area (Å²) in [6.45, 7) is 4.39. The number of carbonyl (C=O) groups excluding carboxylic acids is 2. The molecule has 0 atom stereocenters. The Bertz CT molecular complexity index is 1290. The van der Waals surface area contributed by atoms with Crippen LogP contribution in [0.2, 0.25) is 0 Å². The van der Waals surface area contributed by atoms with Crippen LogP contribution >= 0.6 is 0 Å². The first-order chi connectivity index (χ1) is 17.7. The molecule has 0 aromatic heterocycles. The van der Waals surface area contributed by atoms with Crippen LogP contribution in [0.5, 0.6) is 0 Å². The number of nitrogens with zero attached hydrogens (tertiary/aromatic N) is 2. The quantitative estimate of drug-likeness (QED) is 0.277. The van der Waals surface area contributed by atoms with Crippen molar-refractivity contribution in [3.8, 4) is 0 Å². The van der Waals surface area contributed by atoms with E-state index in [1.54, 1.807) is 12.1 Å². The summed E-state index contributed by atoms with van der Waals surface area (Å²) in [7, 11) is 0. The molecule has 3 aromatic rings. The van der Waals surface area contributed by atoms with Crippen LogP contribution in [0, 0.1) is 0 Å². The molecule has 0 spiro atoms. The summed E-state index contributed by atoms with van der Waals surface area (Å²) in [6, 6.07) is 22.2. The number of unbranched alkanes of at least 4 members (excludes halogenated alkanes) is 6. The standard InChI is InChI=1S/C32H36N2O2/c1-2-3-4-5-6-7-12-20-33-23-34(21-19-24-17-18-25-13-8-9-14-26(25)22-24)30-29(33)31(35)27-15-10-11-16-28(27)32(30)36/h8-11,13-18,22H,2-7,12,19-21,23H2,1H3. The Labute approximate surface area is 214 Å². The van der Waals surface area contributed by atoms with Gasteiger partial charge in [0.05, 0.1) is 6.67 Å². The van der Waals surface area contributed by atoms with Crippen LogP contribution < -0.4 is 0 Å². The van der Waals surface area contributed by atoms with Gasteiger partial charge in [-0.2, -0.15) is 0 Å². The highest BCUT2D eigenvalue weighted by atomic mass is 16.1. The number of Topliss-reactive ketones (excluding diaryl/α,β-unsaturated/α-hetero) is 2. The predicted octanol–water partition coefficient (Wildman–Crippen LogP) is 7.00. The Balaban J connectivity index is 1.32. The molecule has 0 fully saturated rings. The minimum absolute atomic E-state index is 0.00338. The van der Waals surface area contributed by atoms with Crippen molar-refractivity contribution in [1.82, 2.24) is 9.80 Å². The SMILES string of the molecule is CCCCCCCCCN1CN(CCc2ccc3ccccc3c2)C2=C1C(=O)c1ccccc1C2=O. The fraction of sp³-hybridized carbons (Fsp3) is 0.375. The summed E-state index contributed by atoms with van der Waals surface area (Å²) in [5.41, 5.74) is 3.54. The number of hydrogen-bond acceptors (Lipinski definition) is 4. The van der Waals surface area contributed by atoms with Gasteiger partial charge in [0.15, 0.2) is 0 Å². The first-order valence-corrected chi connectivity index (χ1v) is 13.6. The van der Waals surface area contributed by atoms with Crippen LogP contribution in [0.4, 0.5) is 0 Å². The molecule has 0 saturated carbocycles. The highest BCUT2D eigenvalue weighted by molar-refractivity contribution is 6.26. The van der Waals surface area contributed by atoms with E-state index in [1.807, 2.05) is 12.1 Å². The van der Waals surface area contributed by atoms with E-state index in [0.29, 0.717) is 35.7 Å². The number of ketones is 2. The molecule has 36 heavy (non-hydrogen) atoms. The van der Waals surface area contributed by atoms with Gasteiger partial charge in [-0.05, 0) is 29.2 Å². The van der Waals surface area contributed by atoms with E-state index in [-0.39, 0.29) is 11.6 Å². The Morgan fingerprint density at radius 3 is 1.92 bits per heavy atom. The lowest BCUT2D eigenvalue weighted by Crippen LogP contribution is -2.31. The Morgan fingerprint density at radius 1 is 0.639 bits per heavy atom. The first kappa shape index (κ1) is 24.3. The summed E-state index contributed by atoms with van der Waals surface area (Å²) in [5, 5.41) is 2.47. The van der Waals surface area contributed by atoms with Gasteiger partial charge in [-0.3, -0.25) is 9.59 Å². The molecule has 186 valence electrons. The van der Waals surface area contributed by atoms with Gasteiger partial charge in [0.1, 0.15) is 11.4 Å². The van der Waals surface area contributed by atoms with E-state index in [4.69, 9.17) is 0 Å². The van der Waals surface area contributed by atoms with Crippen LogP contribution in [0.15, 0.2) is 78.1 Å². The number of fused-ring (bicyclic) bond motifs is 2. The zero-order chi connectivity index (χ0) is 24.9. The molecule has 4 heteroatoms. The molecule has 0 bridgehead atoms. The van der Waals surface area contributed by atoms with E-state index < -0.39 is 0 Å². The third kappa shape index (κ3) is 4.95. The van der Waals surface area contributed by atoms with Crippen molar-refractivity contribution in [3.05, 3.63) is 94.8 Å². The second-order valence-electron chi connectivity index (χ2n) is 10.1. The molecule has 0 saturated heterocycles. The fourth-order valence-corrected chi connectivity index (χ4v) is 5.57. The molecule has 4 nitrogen and oxygen atoms in total. The van der Waals surface area contributed by atoms with Gasteiger partial charge in [0, 0.05) is 24.2 Å². The summed E-state index contributed by atoms with van der Waals surface area (Å²) in [5.74, 6) is -0.0165. The van der Waals surface area contributed by atoms with Gasteiger partial charge >= 0.3 is 0 Å². The summed E-state index contributed by atoms with van der Waals surface area (Å²) in [4.78, 5) is 31.4. The third-order valence-corrected chi connectivity index (χ3v) is 7.56. The minimum Gasteiger partial charge on any atom is -0.349 e. The molecule has 1 heterocycles. The Hall–Kier alpha value is -3.40. The smallest absolute Gasteiger partial charge is 0.212 e. The summed E-state index contributed by atoms with van der Waals surface area (Å²) in [6.07, 6.45) is 9.44. The lowest BCUT2D eigenvalue weighted by molar-refractivity contribution is 0.0950. The molecule has 1 aliphatic carbocycles. The second kappa shape index (κ2) is 11.1. The van der Waals surface area contributed by atoms with Gasteiger partial charge < -0.3 is 9.80 Å². The average molecular weight is 481 g/mol. The fourth-order valence-electron chi connectivity index (χ4n) is 5.57. The maximum absolute atomic E-state index is 13.6. The maximum Gasteiger partial charge on any atom is 0.212 e. The van der Waals surface area contributed by atoms with Crippen molar-refractivity contribution in [2.75, 3.05) is 19.8 Å². The van der Waals surface area contributed by atoms with Crippen molar-refractivity contribution in [1.29, 1.82) is 0 Å². The van der Waals surface area contributed by atoms with E-state index in [1.165, 1.54) is 54.9 Å². The molecule has 2 aliphatic rings. The maximum atomic E-state index is 13.6. The van der Waals surface area contributed by atoms with Crippen LogP contribution in [-0.4, -0.2) is 41.1 Å². The van der Waals surface area contributed by atoms with Crippen LogP contribution in [0.3, 0.4) is 0 Å². The second-order valence-corrected chi connectivity index (χ2v) is 10.1. The lowest BCUT2D eigenvalue weighted by Gasteiger charge is -2.23. The number of benzene rings is 3. The first-order valence-electron chi connectivity index (χ1n) is 13.6. The molecule has 0 amide bonds. The normalized spacial score (nSPS) is 15.1. The number of carbonyl (C=O) groups is 2. The van der Waals surface area contributed by atoms with Crippen molar-refractivity contribution >= 4 is 22.3 Å². The molecule has 0 unspecified atom stereocenters. The number of hydrogen-bond donors (Lipinski definition) is 0. The van der Waals surface area contributed by atoms with Crippen molar-refractivity contribution < 1.29 is 9.59 Å². The zero-order valence-electron chi connectivity index (χ0n) is 21.3. The van der Waals surface area contributed by atoms with Gasteiger partial charge in [0.2, 0.25) is 11.6 Å². The van der Waals surface area contributed by atoms with Crippen LogP contribution in [-0.2, 0) is 6.42 Å². The number of rotatable bonds is 11. The molecule has 3 aromatic carbocycles. The zero-order valence-corrected chi connectivity index (χ0v) is 21.3. The molecular weight excluding hydrogens is 444 g/mol. The van der Waals surface area contributed by atoms with Gasteiger partial charge in [-0.15, -0.1) is 0 Å². The van der Waals surface area contributed by atoms with E-state index in [2.05, 4.69) is 59.2 Å². The molecule has 1 aliphatic heterocycles. The monoisotopic (exact) mass is 480 g/mol. The number of allylic oxidation sites excluding steroid dienone is 2. The van der Waals surface area contributed by atoms with Crippen molar-refractivity contribution in [2.24, 2.45) is 0 Å². The summed E-state index contributed by atoms with van der Waals surface area (Å²) < 4.78 is 0. The highest BCUT2D eigenvalue weighted by Gasteiger charge is 2.42. The van der Waals surface area contributed by atoms with E-state index in [0.717, 1.165) is 19.4 Å². The third-order valence-electron chi connectivity index (χ3n) is 7.56. The minimum atomic E-state index is -0.0132. The largest absolute Gasteiger partial charge is 0.349 e. The van der Waals surface area contributed by atoms with Crippen molar-refractivity contribution in [2.45, 2.75) is 58.3 Å². The highest BCUT2D eigenvalue weighted by Crippen LogP contribution is 2.35. The average Bonchev–Trinajstić information content (AvgIpc) is 3.28. The molecule has 0 radical (unpaired) electrons. The molecular formula is C32H36N2O2.